The van der Waals surface area contributed by atoms with Crippen molar-refractivity contribution in [3.05, 3.63) is 65.2 Å². The maximum absolute atomic E-state index is 11.5. The van der Waals surface area contributed by atoms with Crippen molar-refractivity contribution in [1.29, 1.82) is 0 Å². The average molecular weight is 404 g/mol. The van der Waals surface area contributed by atoms with Crippen molar-refractivity contribution in [2.75, 3.05) is 33.2 Å². The van der Waals surface area contributed by atoms with E-state index >= 15 is 0 Å². The third-order valence-electron chi connectivity index (χ3n) is 4.19. The summed E-state index contributed by atoms with van der Waals surface area (Å²) in [6.07, 6.45) is 0.196. The maximum atomic E-state index is 11.5. The van der Waals surface area contributed by atoms with Crippen LogP contribution in [0.15, 0.2) is 48.5 Å². The molecule has 0 heterocycles. The second-order valence-corrected chi connectivity index (χ2v) is 6.73. The zero-order valence-electron chi connectivity index (χ0n) is 16.5. The van der Waals surface area contributed by atoms with Gasteiger partial charge >= 0.3 is 5.97 Å². The Morgan fingerprint density at radius 3 is 2.14 bits per heavy atom. The lowest BCUT2D eigenvalue weighted by atomic mass is 9.97. The number of benzene rings is 2. The first-order valence-electron chi connectivity index (χ1n) is 9.47. The van der Waals surface area contributed by atoms with Crippen molar-refractivity contribution in [2.45, 2.75) is 25.4 Å². The van der Waals surface area contributed by atoms with Crippen molar-refractivity contribution in [3.8, 4) is 5.75 Å². The monoisotopic (exact) mass is 404 g/mol. The molecule has 0 saturated carbocycles. The normalized spacial score (nSPS) is 13.1. The van der Waals surface area contributed by atoms with Gasteiger partial charge in [0, 0.05) is 0 Å². The lowest BCUT2D eigenvalue weighted by Crippen LogP contribution is -2.19. The van der Waals surface area contributed by atoms with Crippen LogP contribution in [-0.2, 0) is 20.7 Å². The van der Waals surface area contributed by atoms with E-state index in [1.54, 1.807) is 19.1 Å². The Hall–Kier alpha value is -2.45. The lowest BCUT2D eigenvalue weighted by Gasteiger charge is -2.14. The van der Waals surface area contributed by atoms with Crippen molar-refractivity contribution in [3.63, 3.8) is 0 Å². The van der Waals surface area contributed by atoms with Crippen LogP contribution in [0.1, 0.15) is 29.5 Å². The molecule has 2 rings (SSSR count). The molecule has 2 atom stereocenters. The van der Waals surface area contributed by atoms with Crippen LogP contribution in [0, 0.1) is 0 Å². The van der Waals surface area contributed by atoms with Crippen LogP contribution in [0.4, 0.5) is 0 Å². The van der Waals surface area contributed by atoms with Crippen molar-refractivity contribution >= 4 is 5.97 Å². The number of ether oxygens (including phenoxy) is 3. The fraction of sp³-hybridized carbons (Fsp3) is 0.409. The number of hydrogen-bond acceptors (Lipinski definition) is 6. The SMILES string of the molecule is CC(O)COc1ccc(Cc2ccc(C(COCOCCO)C(=O)O)cc2)cc1. The molecule has 2 unspecified atom stereocenters. The minimum atomic E-state index is -0.965. The molecule has 7 heteroatoms. The van der Waals surface area contributed by atoms with Crippen LogP contribution in [0.2, 0.25) is 0 Å². The molecule has 0 amide bonds. The molecule has 0 aromatic heterocycles. The fourth-order valence-corrected chi connectivity index (χ4v) is 2.68. The predicted octanol–water partition coefficient (Wildman–Crippen LogP) is 2.19. The number of hydrogen-bond donors (Lipinski definition) is 3. The zero-order chi connectivity index (χ0) is 21.1. The number of carbonyl (C=O) groups is 1. The summed E-state index contributed by atoms with van der Waals surface area (Å²) in [6.45, 7) is 1.91. The summed E-state index contributed by atoms with van der Waals surface area (Å²) in [5.74, 6) is -1.04. The summed E-state index contributed by atoms with van der Waals surface area (Å²) < 4.78 is 15.7. The van der Waals surface area contributed by atoms with Crippen LogP contribution in [0.3, 0.4) is 0 Å². The maximum Gasteiger partial charge on any atom is 0.313 e. The fourth-order valence-electron chi connectivity index (χ4n) is 2.68. The Morgan fingerprint density at radius 1 is 0.966 bits per heavy atom. The van der Waals surface area contributed by atoms with E-state index in [0.717, 1.165) is 11.1 Å². The van der Waals surface area contributed by atoms with Gasteiger partial charge < -0.3 is 29.5 Å². The van der Waals surface area contributed by atoms with E-state index in [2.05, 4.69) is 0 Å². The first-order chi connectivity index (χ1) is 14.0. The van der Waals surface area contributed by atoms with Crippen LogP contribution in [0.25, 0.3) is 0 Å². The van der Waals surface area contributed by atoms with Gasteiger partial charge in [0.2, 0.25) is 0 Å². The molecule has 0 saturated heterocycles. The number of rotatable bonds is 13. The molecule has 158 valence electrons. The van der Waals surface area contributed by atoms with Gasteiger partial charge in [-0.15, -0.1) is 0 Å². The standard InChI is InChI=1S/C22H28O7/c1-16(24)13-29-20-8-4-18(5-9-20)12-17-2-6-19(7-3-17)21(22(25)26)14-28-15-27-11-10-23/h2-9,16,21,23-24H,10-15H2,1H3,(H,25,26). The summed E-state index contributed by atoms with van der Waals surface area (Å²) in [5.41, 5.74) is 2.81. The molecule has 29 heavy (non-hydrogen) atoms. The molecule has 0 aliphatic heterocycles. The Balaban J connectivity index is 1.91. The van der Waals surface area contributed by atoms with E-state index in [9.17, 15) is 15.0 Å². The molecule has 2 aromatic rings. The quantitative estimate of drug-likeness (QED) is 0.347. The van der Waals surface area contributed by atoms with Gasteiger partial charge in [-0.1, -0.05) is 36.4 Å². The Labute approximate surface area is 170 Å². The molecule has 0 aliphatic carbocycles. The lowest BCUT2D eigenvalue weighted by molar-refractivity contribution is -0.142. The van der Waals surface area contributed by atoms with E-state index in [-0.39, 0.29) is 33.2 Å². The van der Waals surface area contributed by atoms with Crippen LogP contribution in [-0.4, -0.2) is 60.6 Å². The highest BCUT2D eigenvalue weighted by Crippen LogP contribution is 2.20. The highest BCUT2D eigenvalue weighted by molar-refractivity contribution is 5.76. The van der Waals surface area contributed by atoms with Crippen LogP contribution in [0.5, 0.6) is 5.75 Å². The van der Waals surface area contributed by atoms with E-state index in [0.29, 0.717) is 17.7 Å². The summed E-state index contributed by atoms with van der Waals surface area (Å²) in [6, 6.07) is 15.1. The second-order valence-electron chi connectivity index (χ2n) is 6.73. The van der Waals surface area contributed by atoms with Gasteiger partial charge in [0.25, 0.3) is 0 Å². The van der Waals surface area contributed by atoms with Gasteiger partial charge in [-0.3, -0.25) is 4.79 Å². The van der Waals surface area contributed by atoms with Gasteiger partial charge in [-0.25, -0.2) is 0 Å². The van der Waals surface area contributed by atoms with Gasteiger partial charge in [0.05, 0.1) is 25.9 Å². The highest BCUT2D eigenvalue weighted by atomic mass is 16.7. The third kappa shape index (κ3) is 8.21. The van der Waals surface area contributed by atoms with Crippen molar-refractivity contribution < 1.29 is 34.3 Å². The summed E-state index contributed by atoms with van der Waals surface area (Å²) >= 11 is 0. The highest BCUT2D eigenvalue weighted by Gasteiger charge is 2.20. The number of aliphatic carboxylic acids is 1. The predicted molar refractivity (Wildman–Crippen MR) is 107 cm³/mol. The van der Waals surface area contributed by atoms with Gasteiger partial charge in [0.1, 0.15) is 25.1 Å². The van der Waals surface area contributed by atoms with Crippen molar-refractivity contribution in [2.24, 2.45) is 0 Å². The molecular formula is C22H28O7. The van der Waals surface area contributed by atoms with Gasteiger partial charge in [-0.05, 0) is 42.2 Å². The smallest absolute Gasteiger partial charge is 0.313 e. The number of aliphatic hydroxyl groups is 2. The molecule has 0 fully saturated rings. The summed E-state index contributed by atoms with van der Waals surface area (Å²) in [7, 11) is 0. The minimum Gasteiger partial charge on any atom is -0.491 e. The second kappa shape index (κ2) is 12.2. The molecular weight excluding hydrogens is 376 g/mol. The number of carboxylic acid groups (broad SMARTS) is 1. The molecule has 0 aliphatic rings. The zero-order valence-corrected chi connectivity index (χ0v) is 16.5. The van der Waals surface area contributed by atoms with E-state index < -0.39 is 18.0 Å². The largest absolute Gasteiger partial charge is 0.491 e. The van der Waals surface area contributed by atoms with E-state index in [1.165, 1.54) is 0 Å². The molecule has 2 aromatic carbocycles. The van der Waals surface area contributed by atoms with Gasteiger partial charge in [0.15, 0.2) is 0 Å². The van der Waals surface area contributed by atoms with Crippen LogP contribution >= 0.6 is 0 Å². The van der Waals surface area contributed by atoms with E-state index in [4.69, 9.17) is 19.3 Å². The molecule has 0 radical (unpaired) electrons. The minimum absolute atomic E-state index is 0.00592. The average Bonchev–Trinajstić information content (AvgIpc) is 2.71. The van der Waals surface area contributed by atoms with E-state index in [1.807, 2.05) is 36.4 Å². The topological polar surface area (TPSA) is 105 Å². The summed E-state index contributed by atoms with van der Waals surface area (Å²) in [4.78, 5) is 11.5. The first kappa shape index (κ1) is 22.8. The third-order valence-corrected chi connectivity index (χ3v) is 4.19. The van der Waals surface area contributed by atoms with Crippen molar-refractivity contribution in [1.82, 2.24) is 0 Å². The summed E-state index contributed by atoms with van der Waals surface area (Å²) in [5, 5.41) is 27.3. The Bertz CT molecular complexity index is 726. The molecule has 7 nitrogen and oxygen atoms in total. The van der Waals surface area contributed by atoms with Crippen LogP contribution < -0.4 is 4.74 Å². The molecule has 3 N–H and O–H groups in total. The number of carboxylic acids is 1. The van der Waals surface area contributed by atoms with Gasteiger partial charge in [-0.2, -0.15) is 0 Å². The molecule has 0 bridgehead atoms. The molecule has 0 spiro atoms. The first-order valence-corrected chi connectivity index (χ1v) is 9.47. The Kier molecular flexibility index (Phi) is 9.59. The Morgan fingerprint density at radius 2 is 1.59 bits per heavy atom. The number of aliphatic hydroxyl groups excluding tert-OH is 2.